The summed E-state index contributed by atoms with van der Waals surface area (Å²) in [5.74, 6) is -1.26. The standard InChI is InChI=1S/C27H40Cl2N10O12P4S4/c1-58-25-34-21(30)15-23(36-25)38(9-32-15)13-7-11(17(40)19(13)42)3-5-52(44,56)50-54(46,47)27(28,29)55(48,49)51-53(45,57)6-4-12-8-14(20(43)18(12)41)39-10-33-16-22(31)35-26(59-2)37-24(16)39/h9-14,17-20,40-43H,3-8H2,1-2H3,(H,44,56)(H,45,57)(H,46,47)(H,48,49)(H2,30,34,36)(H2,31,35,37)/t11-,12-,13+,14+,17+,18+,19-,20-,52?,53?/m0/s1. The van der Waals surface area contributed by atoms with Crippen molar-refractivity contribution >= 4 is 132 Å². The van der Waals surface area contributed by atoms with Gasteiger partial charge in [0.25, 0.3) is 0 Å². The Labute approximate surface area is 364 Å². The van der Waals surface area contributed by atoms with Crippen LogP contribution in [0.4, 0.5) is 11.6 Å². The van der Waals surface area contributed by atoms with Crippen LogP contribution in [-0.2, 0) is 41.4 Å². The summed E-state index contributed by atoms with van der Waals surface area (Å²) < 4.78 is 36.0. The van der Waals surface area contributed by atoms with Gasteiger partial charge in [0.15, 0.2) is 46.2 Å². The number of anilines is 2. The van der Waals surface area contributed by atoms with Gasteiger partial charge in [0.2, 0.25) is 0 Å². The molecule has 4 aromatic heterocycles. The monoisotopic (exact) mass is 1020 g/mol. The maximum Gasteiger partial charge on any atom is 0.382 e. The lowest BCUT2D eigenvalue weighted by atomic mass is 10.0. The van der Waals surface area contributed by atoms with Gasteiger partial charge in [0, 0.05) is 12.3 Å². The highest BCUT2D eigenvalue weighted by Crippen LogP contribution is 2.83. The third-order valence-corrected chi connectivity index (χ3v) is 24.5. The molecule has 0 saturated heterocycles. The van der Waals surface area contributed by atoms with E-state index in [1.165, 1.54) is 36.2 Å². The molecule has 0 radical (unpaired) electrons. The first kappa shape index (κ1) is 47.8. The highest BCUT2D eigenvalue weighted by Gasteiger charge is 2.64. The zero-order valence-electron chi connectivity index (χ0n) is 30.6. The molecule has 2 aliphatic rings. The lowest BCUT2D eigenvalue weighted by Crippen LogP contribution is -2.29. The number of rotatable bonds is 16. The maximum absolute atomic E-state index is 13.4. The van der Waals surface area contributed by atoms with Crippen molar-refractivity contribution in [1.29, 1.82) is 0 Å². The molecule has 0 amide bonds. The van der Waals surface area contributed by atoms with Crippen molar-refractivity contribution < 1.29 is 57.8 Å². The largest absolute Gasteiger partial charge is 0.390 e. The maximum atomic E-state index is 13.4. The van der Waals surface area contributed by atoms with Gasteiger partial charge in [-0.25, -0.2) is 38.5 Å². The van der Waals surface area contributed by atoms with Crippen LogP contribution < -0.4 is 11.5 Å². The van der Waals surface area contributed by atoms with Crippen LogP contribution in [0.2, 0.25) is 0 Å². The summed E-state index contributed by atoms with van der Waals surface area (Å²) >= 11 is 24.6. The van der Waals surface area contributed by atoms with E-state index in [1.54, 1.807) is 21.6 Å². The van der Waals surface area contributed by atoms with Crippen molar-refractivity contribution in [3.8, 4) is 0 Å². The number of fused-ring (bicyclic) bond motifs is 2. The van der Waals surface area contributed by atoms with Crippen LogP contribution >= 0.6 is 74.9 Å². The molecule has 59 heavy (non-hydrogen) atoms. The number of aromatic nitrogens is 8. The molecular weight excluding hydrogens is 979 g/mol. The predicted octanol–water partition coefficient (Wildman–Crippen LogP) is 2.72. The number of thioether (sulfide) groups is 2. The molecule has 6 rings (SSSR count). The lowest BCUT2D eigenvalue weighted by Gasteiger charge is -2.32. The second kappa shape index (κ2) is 17.7. The minimum atomic E-state index is -5.84. The van der Waals surface area contributed by atoms with Gasteiger partial charge < -0.3 is 60.6 Å². The zero-order valence-corrected chi connectivity index (χ0v) is 39.0. The smallest absolute Gasteiger partial charge is 0.382 e. The van der Waals surface area contributed by atoms with E-state index in [-0.39, 0.29) is 48.4 Å². The number of hydrogen-bond acceptors (Lipinski definition) is 20. The second-order valence-electron chi connectivity index (χ2n) is 13.9. The van der Waals surface area contributed by atoms with E-state index < -0.39 is 92.6 Å². The quantitative estimate of drug-likeness (QED) is 0.0334. The van der Waals surface area contributed by atoms with E-state index in [4.69, 9.17) is 66.9 Å². The first-order valence-corrected chi connectivity index (χ1v) is 29.3. The molecule has 0 bridgehead atoms. The molecule has 328 valence electrons. The van der Waals surface area contributed by atoms with E-state index in [2.05, 4.69) is 29.9 Å². The highest BCUT2D eigenvalue weighted by atomic mass is 35.5. The van der Waals surface area contributed by atoms with Crippen LogP contribution in [0, 0.1) is 11.8 Å². The molecule has 2 aliphatic carbocycles. The van der Waals surface area contributed by atoms with E-state index in [0.29, 0.717) is 21.6 Å². The summed E-state index contributed by atoms with van der Waals surface area (Å²) in [6.45, 7) is -8.80. The summed E-state index contributed by atoms with van der Waals surface area (Å²) in [6.07, 6.45) is -0.333. The minimum Gasteiger partial charge on any atom is -0.390 e. The SMILES string of the molecule is CSc1nc(N)c2ncn([C@@H]3C[C@H](CCP(O)(=S)OP(=O)(O)C(Cl)(Cl)P(=O)(O)OP(O)(=S)CC[C@H]4C[C@@H](n5cnc6c(N)nc(SC)nc65)[C@H](O)[C@@H]4O)[C@@H](O)[C@H]3O)c2n1. The molecule has 0 spiro atoms. The Morgan fingerprint density at radius 2 is 1.08 bits per heavy atom. The van der Waals surface area contributed by atoms with Gasteiger partial charge in [-0.3, -0.25) is 9.13 Å². The Morgan fingerprint density at radius 3 is 1.42 bits per heavy atom. The number of nitrogen functional groups attached to an aromatic ring is 2. The number of alkyl halides is 2. The molecule has 32 heteroatoms. The van der Waals surface area contributed by atoms with Crippen LogP contribution in [0.1, 0.15) is 37.8 Å². The summed E-state index contributed by atoms with van der Waals surface area (Å²) in [7, 11) is -11.7. The van der Waals surface area contributed by atoms with Crippen LogP contribution in [0.3, 0.4) is 0 Å². The van der Waals surface area contributed by atoms with E-state index >= 15 is 0 Å². The van der Waals surface area contributed by atoms with Gasteiger partial charge in [-0.1, -0.05) is 46.7 Å². The number of aliphatic hydroxyl groups excluding tert-OH is 4. The van der Waals surface area contributed by atoms with Gasteiger partial charge in [0.1, 0.15) is 23.2 Å². The predicted molar refractivity (Wildman–Crippen MR) is 230 cm³/mol. The molecule has 0 aromatic carbocycles. The first-order chi connectivity index (χ1) is 27.3. The molecule has 12 N–H and O–H groups in total. The van der Waals surface area contributed by atoms with Gasteiger partial charge in [0.05, 0.1) is 36.9 Å². The van der Waals surface area contributed by atoms with Crippen LogP contribution in [0.15, 0.2) is 23.0 Å². The molecule has 2 saturated carbocycles. The normalized spacial score (nSPS) is 29.4. The van der Waals surface area contributed by atoms with E-state index in [1.807, 2.05) is 0 Å². The molecule has 4 aromatic rings. The minimum absolute atomic E-state index is 0.106. The molecule has 0 aliphatic heterocycles. The molecule has 4 unspecified atom stereocenters. The number of nitrogens with zero attached hydrogens (tertiary/aromatic N) is 8. The van der Waals surface area contributed by atoms with E-state index in [0.717, 1.165) is 0 Å². The molecular formula is C27H40Cl2N10O12P4S4. The molecule has 2 fully saturated rings. The second-order valence-corrected chi connectivity index (χ2v) is 29.8. The first-order valence-electron chi connectivity index (χ1n) is 17.2. The number of nitrogens with two attached hydrogens (primary N) is 2. The lowest BCUT2D eigenvalue weighted by molar-refractivity contribution is 0.00615. The fourth-order valence-corrected chi connectivity index (χ4v) is 18.7. The Bertz CT molecular complexity index is 2280. The van der Waals surface area contributed by atoms with Gasteiger partial charge in [-0.2, -0.15) is 0 Å². The Balaban J connectivity index is 1.07. The van der Waals surface area contributed by atoms with Gasteiger partial charge in [-0.15, -0.1) is 0 Å². The van der Waals surface area contributed by atoms with Crippen LogP contribution in [0.5, 0.6) is 0 Å². The Morgan fingerprint density at radius 1 is 0.729 bits per heavy atom. The number of hydrogen-bond donors (Lipinski definition) is 10. The summed E-state index contributed by atoms with van der Waals surface area (Å²) in [6, 6.07) is -1.52. The van der Waals surface area contributed by atoms with E-state index in [9.17, 15) is 49.1 Å². The van der Waals surface area contributed by atoms with Crippen molar-refractivity contribution in [2.24, 2.45) is 11.8 Å². The molecule has 4 heterocycles. The Kier molecular flexibility index (Phi) is 14.4. The zero-order chi connectivity index (χ0) is 43.6. The van der Waals surface area contributed by atoms with Crippen molar-refractivity contribution in [1.82, 2.24) is 39.0 Å². The molecule has 12 atom stereocenters. The van der Waals surface area contributed by atoms with Crippen LogP contribution in [0.25, 0.3) is 22.3 Å². The highest BCUT2D eigenvalue weighted by molar-refractivity contribution is 8.12. The van der Waals surface area contributed by atoms with Crippen molar-refractivity contribution in [2.45, 2.75) is 76.3 Å². The fourth-order valence-electron chi connectivity index (χ4n) is 7.17. The van der Waals surface area contributed by atoms with Gasteiger partial charge >= 0.3 is 19.0 Å². The fraction of sp³-hybridized carbons (Fsp3) is 0.630. The average Bonchev–Trinajstić information content (AvgIpc) is 3.90. The third kappa shape index (κ3) is 9.59. The molecule has 22 nitrogen and oxygen atoms in total. The summed E-state index contributed by atoms with van der Waals surface area (Å²) in [4.78, 5) is 69.1. The van der Waals surface area contributed by atoms with Gasteiger partial charge in [-0.05, 0) is 73.6 Å². The summed E-state index contributed by atoms with van der Waals surface area (Å²) in [5.41, 5.74) is 13.2. The van der Waals surface area contributed by atoms with Crippen molar-refractivity contribution in [3.63, 3.8) is 0 Å². The van der Waals surface area contributed by atoms with Crippen molar-refractivity contribution in [3.05, 3.63) is 12.7 Å². The topological polar surface area (TPSA) is 354 Å². The Hall–Kier alpha value is -0.660. The number of imidazole rings is 2. The number of halogens is 2. The average molecular weight is 1020 g/mol. The third-order valence-electron chi connectivity index (χ3n) is 10.2. The summed E-state index contributed by atoms with van der Waals surface area (Å²) in [5, 5.41) is 44.4. The van der Waals surface area contributed by atoms with Crippen molar-refractivity contribution in [2.75, 3.05) is 36.3 Å². The van der Waals surface area contributed by atoms with Crippen LogP contribution in [-0.4, -0.2) is 132 Å². The number of aliphatic hydroxyl groups is 4.